The van der Waals surface area contributed by atoms with Gasteiger partial charge in [-0.25, -0.2) is 4.79 Å². The van der Waals surface area contributed by atoms with Gasteiger partial charge < -0.3 is 11.1 Å². The van der Waals surface area contributed by atoms with Crippen LogP contribution >= 0.6 is 0 Å². The maximum atomic E-state index is 10.6. The summed E-state index contributed by atoms with van der Waals surface area (Å²) in [7, 11) is 1.38. The molecule has 1 heterocycles. The summed E-state index contributed by atoms with van der Waals surface area (Å²) in [6.07, 6.45) is -0.845. The van der Waals surface area contributed by atoms with Crippen molar-refractivity contribution in [1.82, 2.24) is 10.2 Å². The molecule has 1 atom stereocenters. The second-order valence-corrected chi connectivity index (χ2v) is 1.82. The molecule has 5 heteroatoms. The third kappa shape index (κ3) is 0.746. The number of nitrogens with zero attached hydrogens (tertiary/aromatic N) is 1. The molecule has 9 heavy (non-hydrogen) atoms. The summed E-state index contributed by atoms with van der Waals surface area (Å²) < 4.78 is 0. The predicted molar refractivity (Wildman–Crippen MR) is 29.3 cm³/mol. The zero-order valence-corrected chi connectivity index (χ0v) is 4.92. The van der Waals surface area contributed by atoms with Gasteiger partial charge in [-0.2, -0.15) is 0 Å². The molecular formula is C4H7N3O2. The number of rotatable bonds is 0. The van der Waals surface area contributed by atoms with E-state index < -0.39 is 12.2 Å². The van der Waals surface area contributed by atoms with Gasteiger partial charge in [-0.15, -0.1) is 0 Å². The molecule has 50 valence electrons. The van der Waals surface area contributed by atoms with E-state index in [1.807, 2.05) is 0 Å². The minimum Gasteiger partial charge on any atom is -0.314 e. The lowest BCUT2D eigenvalue weighted by molar-refractivity contribution is -0.126. The van der Waals surface area contributed by atoms with Crippen LogP contribution in [0.4, 0.5) is 4.79 Å². The Bertz CT molecular complexity index is 167. The van der Waals surface area contributed by atoms with Crippen LogP contribution in [0.15, 0.2) is 0 Å². The first kappa shape index (κ1) is 6.03. The van der Waals surface area contributed by atoms with Crippen LogP contribution in [0.5, 0.6) is 0 Å². The SMILES string of the molecule is CN1C(=O)NC(N)C1=O. The Morgan fingerprint density at radius 1 is 1.67 bits per heavy atom. The van der Waals surface area contributed by atoms with Crippen molar-refractivity contribution in [2.24, 2.45) is 5.73 Å². The number of hydrogen-bond donors (Lipinski definition) is 2. The van der Waals surface area contributed by atoms with Gasteiger partial charge >= 0.3 is 6.03 Å². The van der Waals surface area contributed by atoms with Crippen molar-refractivity contribution in [3.63, 3.8) is 0 Å². The summed E-state index contributed by atoms with van der Waals surface area (Å²) in [6.45, 7) is 0. The lowest BCUT2D eigenvalue weighted by Gasteiger charge is -2.00. The highest BCUT2D eigenvalue weighted by Crippen LogP contribution is 1.96. The van der Waals surface area contributed by atoms with Gasteiger partial charge in [-0.1, -0.05) is 0 Å². The van der Waals surface area contributed by atoms with Crippen LogP contribution in [0.25, 0.3) is 0 Å². The lowest BCUT2D eigenvalue weighted by atomic mass is 10.5. The van der Waals surface area contributed by atoms with Crippen LogP contribution in [0.1, 0.15) is 0 Å². The van der Waals surface area contributed by atoms with Gasteiger partial charge in [0, 0.05) is 7.05 Å². The van der Waals surface area contributed by atoms with Crippen molar-refractivity contribution >= 4 is 11.9 Å². The molecule has 0 saturated carbocycles. The third-order valence-electron chi connectivity index (χ3n) is 1.18. The molecule has 0 spiro atoms. The van der Waals surface area contributed by atoms with Crippen molar-refractivity contribution in [1.29, 1.82) is 0 Å². The minimum absolute atomic E-state index is 0.389. The van der Waals surface area contributed by atoms with Gasteiger partial charge in [0.2, 0.25) is 0 Å². The zero-order chi connectivity index (χ0) is 7.02. The second kappa shape index (κ2) is 1.70. The van der Waals surface area contributed by atoms with Crippen molar-refractivity contribution in [2.45, 2.75) is 6.17 Å². The van der Waals surface area contributed by atoms with Crippen LogP contribution < -0.4 is 11.1 Å². The van der Waals surface area contributed by atoms with Crippen LogP contribution in [0.2, 0.25) is 0 Å². The molecule has 0 aromatic rings. The first-order valence-corrected chi connectivity index (χ1v) is 2.46. The van der Waals surface area contributed by atoms with Crippen LogP contribution in [0.3, 0.4) is 0 Å². The summed E-state index contributed by atoms with van der Waals surface area (Å²) in [4.78, 5) is 22.1. The van der Waals surface area contributed by atoms with Crippen molar-refractivity contribution in [2.75, 3.05) is 7.05 Å². The number of nitrogens with one attached hydrogen (secondary N) is 1. The Hall–Kier alpha value is -1.10. The normalized spacial score (nSPS) is 26.9. The van der Waals surface area contributed by atoms with Gasteiger partial charge in [0.1, 0.15) is 0 Å². The molecule has 3 N–H and O–H groups in total. The van der Waals surface area contributed by atoms with Crippen molar-refractivity contribution < 1.29 is 9.59 Å². The first-order chi connectivity index (χ1) is 4.13. The first-order valence-electron chi connectivity index (χ1n) is 2.46. The highest BCUT2D eigenvalue weighted by molar-refractivity contribution is 6.03. The smallest absolute Gasteiger partial charge is 0.314 e. The highest BCUT2D eigenvalue weighted by Gasteiger charge is 2.31. The Morgan fingerprint density at radius 3 is 2.33 bits per heavy atom. The largest absolute Gasteiger partial charge is 0.325 e. The molecule has 1 rings (SSSR count). The number of urea groups is 1. The fourth-order valence-corrected chi connectivity index (χ4v) is 0.600. The lowest BCUT2D eigenvalue weighted by Crippen LogP contribution is -2.37. The van der Waals surface area contributed by atoms with Gasteiger partial charge in [0.25, 0.3) is 5.91 Å². The molecule has 1 saturated heterocycles. The Labute approximate surface area is 51.8 Å². The summed E-state index contributed by atoms with van der Waals surface area (Å²) in [5, 5.41) is 2.23. The van der Waals surface area contributed by atoms with E-state index in [4.69, 9.17) is 5.73 Å². The molecule has 1 aliphatic rings. The van der Waals surface area contributed by atoms with Crippen LogP contribution in [-0.2, 0) is 4.79 Å². The summed E-state index contributed by atoms with van der Waals surface area (Å²) in [6, 6.07) is -0.437. The molecule has 0 radical (unpaired) electrons. The maximum Gasteiger partial charge on any atom is 0.325 e. The van der Waals surface area contributed by atoms with Gasteiger partial charge in [-0.3, -0.25) is 9.69 Å². The number of amides is 3. The molecule has 0 bridgehead atoms. The summed E-state index contributed by atoms with van der Waals surface area (Å²) in [5.41, 5.74) is 5.14. The molecule has 3 amide bonds. The van der Waals surface area contributed by atoms with E-state index in [1.165, 1.54) is 7.05 Å². The molecule has 0 aromatic carbocycles. The standard InChI is InChI=1S/C4H7N3O2/c1-7-3(8)2(5)6-4(7)9/h2H,5H2,1H3,(H,6,9). The monoisotopic (exact) mass is 129 g/mol. The van der Waals surface area contributed by atoms with E-state index in [0.717, 1.165) is 4.90 Å². The van der Waals surface area contributed by atoms with Crippen molar-refractivity contribution in [3.05, 3.63) is 0 Å². The molecule has 0 aliphatic carbocycles. The average Bonchev–Trinajstić information content (AvgIpc) is 1.98. The van der Waals surface area contributed by atoms with Gasteiger partial charge in [-0.05, 0) is 0 Å². The average molecular weight is 129 g/mol. The number of likely N-dealkylation sites (N-methyl/N-ethyl adjacent to an activating group) is 1. The molecule has 1 unspecified atom stereocenters. The Balaban J connectivity index is 2.77. The molecule has 0 aromatic heterocycles. The van der Waals surface area contributed by atoms with E-state index in [1.54, 1.807) is 0 Å². The quantitative estimate of drug-likeness (QED) is 0.389. The zero-order valence-electron chi connectivity index (χ0n) is 4.92. The molecule has 1 fully saturated rings. The topological polar surface area (TPSA) is 75.4 Å². The number of nitrogens with two attached hydrogens (primary N) is 1. The molecule has 1 aliphatic heterocycles. The Morgan fingerprint density at radius 2 is 2.22 bits per heavy atom. The van der Waals surface area contributed by atoms with Crippen molar-refractivity contribution in [3.8, 4) is 0 Å². The second-order valence-electron chi connectivity index (χ2n) is 1.82. The number of carbonyl (C=O) groups is 2. The summed E-state index contributed by atoms with van der Waals surface area (Å²) in [5.74, 6) is -0.389. The van der Waals surface area contributed by atoms with Crippen LogP contribution in [-0.4, -0.2) is 30.1 Å². The number of hydrogen-bond acceptors (Lipinski definition) is 3. The van der Waals surface area contributed by atoms with Gasteiger partial charge in [0.15, 0.2) is 6.17 Å². The van der Waals surface area contributed by atoms with Gasteiger partial charge in [0.05, 0.1) is 0 Å². The van der Waals surface area contributed by atoms with E-state index in [-0.39, 0.29) is 5.91 Å². The summed E-state index contributed by atoms with van der Waals surface area (Å²) >= 11 is 0. The molecular weight excluding hydrogens is 122 g/mol. The fourth-order valence-electron chi connectivity index (χ4n) is 0.600. The number of carbonyl (C=O) groups excluding carboxylic acids is 2. The van der Waals surface area contributed by atoms with E-state index in [0.29, 0.717) is 0 Å². The maximum absolute atomic E-state index is 10.6. The third-order valence-corrected chi connectivity index (χ3v) is 1.18. The predicted octanol–water partition coefficient (Wildman–Crippen LogP) is -1.55. The Kier molecular flexibility index (Phi) is 1.14. The number of imide groups is 1. The molecule has 5 nitrogen and oxygen atoms in total. The van der Waals surface area contributed by atoms with E-state index in [9.17, 15) is 9.59 Å². The minimum atomic E-state index is -0.845. The fraction of sp³-hybridized carbons (Fsp3) is 0.500. The van der Waals surface area contributed by atoms with E-state index >= 15 is 0 Å². The van der Waals surface area contributed by atoms with E-state index in [2.05, 4.69) is 5.32 Å². The highest BCUT2D eigenvalue weighted by atomic mass is 16.2. The van der Waals surface area contributed by atoms with Crippen LogP contribution in [0, 0.1) is 0 Å².